The van der Waals surface area contributed by atoms with Crippen molar-refractivity contribution in [2.45, 2.75) is 26.2 Å². The number of carbonyl (C=O) groups is 2. The molecule has 1 aromatic carbocycles. The van der Waals surface area contributed by atoms with Gasteiger partial charge in [0.25, 0.3) is 0 Å². The Balaban J connectivity index is 1.43. The molecule has 2 amide bonds. The second-order valence-electron chi connectivity index (χ2n) is 6.36. The molecule has 2 N–H and O–H groups in total. The first-order valence-corrected chi connectivity index (χ1v) is 8.93. The highest BCUT2D eigenvalue weighted by Crippen LogP contribution is 2.19. The number of para-hydroxylation sites is 1. The van der Waals surface area contributed by atoms with Crippen molar-refractivity contribution in [2.75, 3.05) is 26.2 Å². The van der Waals surface area contributed by atoms with Crippen LogP contribution in [0.2, 0.25) is 0 Å². The second kappa shape index (κ2) is 8.05. The fourth-order valence-corrected chi connectivity index (χ4v) is 3.34. The number of hydrogen-bond donors (Lipinski definition) is 2. The molecule has 6 heteroatoms. The zero-order chi connectivity index (χ0) is 17.6. The molecule has 25 heavy (non-hydrogen) atoms. The molecule has 0 spiro atoms. The highest BCUT2D eigenvalue weighted by molar-refractivity contribution is 5.83. The van der Waals surface area contributed by atoms with Crippen LogP contribution in [0.3, 0.4) is 0 Å². The van der Waals surface area contributed by atoms with Crippen LogP contribution in [0.4, 0.5) is 4.79 Å². The van der Waals surface area contributed by atoms with Crippen molar-refractivity contribution in [1.82, 2.24) is 15.2 Å². The number of aromatic nitrogens is 1. The number of H-pyrrole nitrogens is 1. The highest BCUT2D eigenvalue weighted by atomic mass is 16.6. The summed E-state index contributed by atoms with van der Waals surface area (Å²) in [5.74, 6) is 0.0667. The first-order valence-electron chi connectivity index (χ1n) is 8.93. The summed E-state index contributed by atoms with van der Waals surface area (Å²) < 4.78 is 5.00. The first-order chi connectivity index (χ1) is 12.2. The van der Waals surface area contributed by atoms with Crippen LogP contribution in [0.25, 0.3) is 10.9 Å². The summed E-state index contributed by atoms with van der Waals surface area (Å²) in [6.45, 7) is 3.97. The third-order valence-electron chi connectivity index (χ3n) is 4.76. The Morgan fingerprint density at radius 1 is 1.28 bits per heavy atom. The van der Waals surface area contributed by atoms with Crippen LogP contribution in [0.5, 0.6) is 0 Å². The molecule has 0 atom stereocenters. The molecule has 0 radical (unpaired) electrons. The Hall–Kier alpha value is -2.50. The quantitative estimate of drug-likeness (QED) is 0.876. The van der Waals surface area contributed by atoms with E-state index in [-0.39, 0.29) is 17.9 Å². The maximum absolute atomic E-state index is 12.3. The van der Waals surface area contributed by atoms with Crippen molar-refractivity contribution in [3.05, 3.63) is 36.0 Å². The maximum Gasteiger partial charge on any atom is 0.409 e. The van der Waals surface area contributed by atoms with E-state index in [1.54, 1.807) is 11.8 Å². The number of hydrogen-bond acceptors (Lipinski definition) is 3. The molecule has 0 saturated carbocycles. The van der Waals surface area contributed by atoms with Crippen molar-refractivity contribution < 1.29 is 14.3 Å². The van der Waals surface area contributed by atoms with Gasteiger partial charge in [-0.1, -0.05) is 18.2 Å². The Bertz CT molecular complexity index is 732. The summed E-state index contributed by atoms with van der Waals surface area (Å²) in [6.07, 6.45) is 3.92. The van der Waals surface area contributed by atoms with Gasteiger partial charge in [0.1, 0.15) is 0 Å². The minimum absolute atomic E-state index is 0.0198. The van der Waals surface area contributed by atoms with E-state index in [9.17, 15) is 9.59 Å². The van der Waals surface area contributed by atoms with E-state index in [2.05, 4.69) is 22.4 Å². The molecule has 2 heterocycles. The van der Waals surface area contributed by atoms with Crippen LogP contribution in [0.1, 0.15) is 25.3 Å². The second-order valence-corrected chi connectivity index (χ2v) is 6.36. The highest BCUT2D eigenvalue weighted by Gasteiger charge is 2.27. The molecule has 1 aliphatic heterocycles. The monoisotopic (exact) mass is 343 g/mol. The molecule has 134 valence electrons. The number of nitrogens with one attached hydrogen (secondary N) is 2. The molecular weight excluding hydrogens is 318 g/mol. The topological polar surface area (TPSA) is 74.4 Å². The van der Waals surface area contributed by atoms with Gasteiger partial charge in [0.2, 0.25) is 5.91 Å². The Kier molecular flexibility index (Phi) is 5.58. The first kappa shape index (κ1) is 17.3. The summed E-state index contributed by atoms with van der Waals surface area (Å²) in [5.41, 5.74) is 2.34. The molecular formula is C19H25N3O3. The average molecular weight is 343 g/mol. The van der Waals surface area contributed by atoms with Crippen LogP contribution < -0.4 is 5.32 Å². The third-order valence-corrected chi connectivity index (χ3v) is 4.76. The summed E-state index contributed by atoms with van der Waals surface area (Å²) in [4.78, 5) is 29.0. The van der Waals surface area contributed by atoms with Gasteiger partial charge in [-0.05, 0) is 37.8 Å². The molecule has 0 aliphatic carbocycles. The van der Waals surface area contributed by atoms with Crippen molar-refractivity contribution in [2.24, 2.45) is 5.92 Å². The van der Waals surface area contributed by atoms with Crippen molar-refractivity contribution in [3.63, 3.8) is 0 Å². The maximum atomic E-state index is 12.3. The number of rotatable bonds is 5. The van der Waals surface area contributed by atoms with E-state index < -0.39 is 0 Å². The predicted molar refractivity (Wildman–Crippen MR) is 96.3 cm³/mol. The van der Waals surface area contributed by atoms with Crippen molar-refractivity contribution in [1.29, 1.82) is 0 Å². The number of likely N-dealkylation sites (tertiary alicyclic amines) is 1. The zero-order valence-corrected chi connectivity index (χ0v) is 14.6. The fraction of sp³-hybridized carbons (Fsp3) is 0.474. The third kappa shape index (κ3) is 4.13. The van der Waals surface area contributed by atoms with Crippen LogP contribution in [-0.4, -0.2) is 48.1 Å². The largest absolute Gasteiger partial charge is 0.450 e. The molecule has 1 aromatic heterocycles. The van der Waals surface area contributed by atoms with E-state index in [0.717, 1.165) is 11.9 Å². The van der Waals surface area contributed by atoms with Gasteiger partial charge in [-0.3, -0.25) is 4.79 Å². The number of ether oxygens (including phenoxy) is 1. The number of amides is 2. The van der Waals surface area contributed by atoms with Crippen LogP contribution in [-0.2, 0) is 16.0 Å². The minimum Gasteiger partial charge on any atom is -0.450 e. The van der Waals surface area contributed by atoms with Crippen LogP contribution in [0.15, 0.2) is 30.5 Å². The lowest BCUT2D eigenvalue weighted by atomic mass is 9.96. The molecule has 1 aliphatic rings. The lowest BCUT2D eigenvalue weighted by molar-refractivity contribution is -0.126. The van der Waals surface area contributed by atoms with Gasteiger partial charge < -0.3 is 19.9 Å². The average Bonchev–Trinajstić information content (AvgIpc) is 3.05. The van der Waals surface area contributed by atoms with E-state index in [0.29, 0.717) is 39.1 Å². The Morgan fingerprint density at radius 3 is 2.80 bits per heavy atom. The normalized spacial score (nSPS) is 15.3. The zero-order valence-electron chi connectivity index (χ0n) is 14.6. The lowest BCUT2D eigenvalue weighted by Crippen LogP contribution is -2.43. The summed E-state index contributed by atoms with van der Waals surface area (Å²) in [5, 5.41) is 4.24. The van der Waals surface area contributed by atoms with Gasteiger partial charge in [0.05, 0.1) is 6.61 Å². The van der Waals surface area contributed by atoms with E-state index >= 15 is 0 Å². The molecule has 1 fully saturated rings. The van der Waals surface area contributed by atoms with Gasteiger partial charge in [-0.25, -0.2) is 4.79 Å². The molecule has 6 nitrogen and oxygen atoms in total. The number of aromatic amines is 1. The van der Waals surface area contributed by atoms with Gasteiger partial charge in [0, 0.05) is 42.7 Å². The SMILES string of the molecule is CCOC(=O)N1CCC(C(=O)NCCc2c[nH]c3ccccc23)CC1. The van der Waals surface area contributed by atoms with Gasteiger partial charge in [-0.15, -0.1) is 0 Å². The summed E-state index contributed by atoms with van der Waals surface area (Å²) in [7, 11) is 0. The fourth-order valence-electron chi connectivity index (χ4n) is 3.34. The number of piperidine rings is 1. The van der Waals surface area contributed by atoms with Crippen molar-refractivity contribution in [3.8, 4) is 0 Å². The molecule has 3 rings (SSSR count). The smallest absolute Gasteiger partial charge is 0.409 e. The van der Waals surface area contributed by atoms with E-state index in [4.69, 9.17) is 4.74 Å². The van der Waals surface area contributed by atoms with Gasteiger partial charge >= 0.3 is 6.09 Å². The van der Waals surface area contributed by atoms with E-state index in [1.807, 2.05) is 18.3 Å². The van der Waals surface area contributed by atoms with Gasteiger partial charge in [-0.2, -0.15) is 0 Å². The predicted octanol–water partition coefficient (Wildman–Crippen LogP) is 2.70. The number of carbonyl (C=O) groups excluding carboxylic acids is 2. The molecule has 0 bridgehead atoms. The number of nitrogens with zero attached hydrogens (tertiary/aromatic N) is 1. The Morgan fingerprint density at radius 2 is 2.04 bits per heavy atom. The van der Waals surface area contributed by atoms with E-state index in [1.165, 1.54) is 10.9 Å². The molecule has 0 unspecified atom stereocenters. The Labute approximate surface area is 147 Å². The summed E-state index contributed by atoms with van der Waals surface area (Å²) >= 11 is 0. The lowest BCUT2D eigenvalue weighted by Gasteiger charge is -2.30. The summed E-state index contributed by atoms with van der Waals surface area (Å²) in [6, 6.07) is 8.17. The van der Waals surface area contributed by atoms with Crippen LogP contribution in [0, 0.1) is 5.92 Å². The molecule has 2 aromatic rings. The van der Waals surface area contributed by atoms with Crippen molar-refractivity contribution >= 4 is 22.9 Å². The number of fused-ring (bicyclic) bond motifs is 1. The van der Waals surface area contributed by atoms with Gasteiger partial charge in [0.15, 0.2) is 0 Å². The molecule has 1 saturated heterocycles. The standard InChI is InChI=1S/C19H25N3O3/c1-2-25-19(24)22-11-8-14(9-12-22)18(23)20-10-7-15-13-21-17-6-4-3-5-16(15)17/h3-6,13-14,21H,2,7-12H2,1H3,(H,20,23). The number of benzene rings is 1. The minimum atomic E-state index is -0.277. The van der Waals surface area contributed by atoms with Crippen LogP contribution >= 0.6 is 0 Å².